The van der Waals surface area contributed by atoms with Gasteiger partial charge in [-0.3, -0.25) is 0 Å². The molecule has 1 saturated heterocycles. The van der Waals surface area contributed by atoms with Crippen LogP contribution in [0.25, 0.3) is 16.6 Å². The number of benzene rings is 1. The number of anilines is 2. The molecule has 0 aliphatic carbocycles. The van der Waals surface area contributed by atoms with Gasteiger partial charge in [-0.25, -0.2) is 38.2 Å². The molecule has 12 nitrogen and oxygen atoms in total. The summed E-state index contributed by atoms with van der Waals surface area (Å²) in [6.45, 7) is 1.95. The first-order valence-electron chi connectivity index (χ1n) is 12.4. The van der Waals surface area contributed by atoms with E-state index in [0.29, 0.717) is 46.2 Å². The molecule has 0 spiro atoms. The van der Waals surface area contributed by atoms with E-state index in [-0.39, 0.29) is 18.1 Å². The summed E-state index contributed by atoms with van der Waals surface area (Å²) in [5.41, 5.74) is 2.51. The molecular formula is C26H25F2N9O3. The summed E-state index contributed by atoms with van der Waals surface area (Å²) in [6.07, 6.45) is 4.59. The summed E-state index contributed by atoms with van der Waals surface area (Å²) in [7, 11) is 3.06. The Morgan fingerprint density at radius 3 is 2.75 bits per heavy atom. The predicted octanol–water partition coefficient (Wildman–Crippen LogP) is 4.03. The quantitative estimate of drug-likeness (QED) is 0.316. The number of pyridine rings is 1. The van der Waals surface area contributed by atoms with Crippen molar-refractivity contribution in [3.8, 4) is 23.3 Å². The van der Waals surface area contributed by atoms with Gasteiger partial charge in [-0.1, -0.05) is 0 Å². The van der Waals surface area contributed by atoms with Crippen molar-refractivity contribution < 1.29 is 23.0 Å². The van der Waals surface area contributed by atoms with Crippen molar-refractivity contribution in [2.45, 2.75) is 25.4 Å². The van der Waals surface area contributed by atoms with Gasteiger partial charge in [-0.15, -0.1) is 0 Å². The average molecular weight is 550 g/mol. The maximum atomic E-state index is 14.9. The molecule has 1 atom stereocenters. The minimum absolute atomic E-state index is 0.0592. The number of hydrogen-bond donors (Lipinski definition) is 1. The standard InChI is InChI=1S/C26H25F2N9O3/c1-15-8-16(4-5-18(15)39-21-9-20-31-13-34-37(20)14-33-21)35-24-22-17(30-12-32-24)10-29-25(38-3)23(22)40-19-6-7-36(2)11-26(19,27)28/h4-5,8-10,12-14,19H,6-7,11H2,1-3H3,(H,30,32,35)/t19-/m0/s1. The highest BCUT2D eigenvalue weighted by Crippen LogP contribution is 2.41. The van der Waals surface area contributed by atoms with Gasteiger partial charge in [0, 0.05) is 24.7 Å². The number of fused-ring (bicyclic) bond motifs is 2. The lowest BCUT2D eigenvalue weighted by Gasteiger charge is -2.36. The molecule has 4 aromatic heterocycles. The van der Waals surface area contributed by atoms with Crippen LogP contribution in [0.1, 0.15) is 12.0 Å². The van der Waals surface area contributed by atoms with Crippen LogP contribution in [0.3, 0.4) is 0 Å². The average Bonchev–Trinajstić information content (AvgIpc) is 3.39. The van der Waals surface area contributed by atoms with Crippen molar-refractivity contribution in [3.05, 3.63) is 55.0 Å². The molecular weight excluding hydrogens is 524 g/mol. The van der Waals surface area contributed by atoms with Crippen LogP contribution in [-0.4, -0.2) is 78.7 Å². The lowest BCUT2D eigenvalue weighted by Crippen LogP contribution is -2.52. The molecule has 0 bridgehead atoms. The van der Waals surface area contributed by atoms with Gasteiger partial charge in [0.15, 0.2) is 17.5 Å². The number of halogens is 2. The Balaban J connectivity index is 1.31. The third kappa shape index (κ3) is 4.88. The van der Waals surface area contributed by atoms with E-state index in [2.05, 4.69) is 35.3 Å². The largest absolute Gasteiger partial charge is 0.478 e. The summed E-state index contributed by atoms with van der Waals surface area (Å²) >= 11 is 0. The third-order valence-electron chi connectivity index (χ3n) is 6.58. The molecule has 206 valence electrons. The van der Waals surface area contributed by atoms with Crippen molar-refractivity contribution in [3.63, 3.8) is 0 Å². The minimum Gasteiger partial charge on any atom is -0.478 e. The van der Waals surface area contributed by atoms with Crippen LogP contribution in [0.15, 0.2) is 49.4 Å². The first-order valence-corrected chi connectivity index (χ1v) is 12.4. The van der Waals surface area contributed by atoms with E-state index in [0.717, 1.165) is 5.56 Å². The zero-order valence-electron chi connectivity index (χ0n) is 21.9. The van der Waals surface area contributed by atoms with Crippen LogP contribution in [0.4, 0.5) is 20.3 Å². The fourth-order valence-corrected chi connectivity index (χ4v) is 4.59. The summed E-state index contributed by atoms with van der Waals surface area (Å²) in [4.78, 5) is 22.9. The summed E-state index contributed by atoms with van der Waals surface area (Å²) in [6, 6.07) is 7.14. The number of methoxy groups -OCH3 is 1. The monoisotopic (exact) mass is 549 g/mol. The van der Waals surface area contributed by atoms with Crippen LogP contribution in [-0.2, 0) is 0 Å². The molecule has 5 aromatic rings. The van der Waals surface area contributed by atoms with E-state index in [1.165, 1.54) is 36.8 Å². The number of piperidine rings is 1. The first kappa shape index (κ1) is 25.6. The lowest BCUT2D eigenvalue weighted by molar-refractivity contribution is -0.135. The molecule has 0 radical (unpaired) electrons. The van der Waals surface area contributed by atoms with Crippen LogP contribution in [0, 0.1) is 6.92 Å². The van der Waals surface area contributed by atoms with Crippen molar-refractivity contribution in [1.82, 2.24) is 39.4 Å². The topological polar surface area (TPSA) is 125 Å². The van der Waals surface area contributed by atoms with E-state index < -0.39 is 18.6 Å². The van der Waals surface area contributed by atoms with E-state index in [1.54, 1.807) is 30.1 Å². The molecule has 1 aliphatic rings. The van der Waals surface area contributed by atoms with Gasteiger partial charge >= 0.3 is 0 Å². The summed E-state index contributed by atoms with van der Waals surface area (Å²) in [5.74, 6) is -1.62. The molecule has 40 heavy (non-hydrogen) atoms. The summed E-state index contributed by atoms with van der Waals surface area (Å²) < 4.78 is 48.6. The Hall–Kier alpha value is -4.72. The molecule has 0 unspecified atom stereocenters. The Labute approximate surface area is 227 Å². The van der Waals surface area contributed by atoms with Crippen molar-refractivity contribution in [2.75, 3.05) is 32.6 Å². The minimum atomic E-state index is -3.07. The molecule has 6 rings (SSSR count). The maximum Gasteiger partial charge on any atom is 0.296 e. The molecule has 14 heteroatoms. The van der Waals surface area contributed by atoms with E-state index >= 15 is 0 Å². The maximum absolute atomic E-state index is 14.9. The van der Waals surface area contributed by atoms with Crippen molar-refractivity contribution in [2.24, 2.45) is 0 Å². The highest BCUT2D eigenvalue weighted by atomic mass is 19.3. The second-order valence-corrected chi connectivity index (χ2v) is 9.47. The number of aromatic nitrogens is 7. The van der Waals surface area contributed by atoms with Gasteiger partial charge in [-0.2, -0.15) is 5.10 Å². The van der Waals surface area contributed by atoms with Gasteiger partial charge in [-0.05, 0) is 37.7 Å². The number of ether oxygens (including phenoxy) is 3. The molecule has 1 fully saturated rings. The predicted molar refractivity (Wildman–Crippen MR) is 141 cm³/mol. The molecule has 1 N–H and O–H groups in total. The summed E-state index contributed by atoms with van der Waals surface area (Å²) in [5, 5.41) is 7.66. The number of nitrogens with one attached hydrogen (secondary N) is 1. The van der Waals surface area contributed by atoms with Gasteiger partial charge in [0.2, 0.25) is 5.88 Å². The molecule has 1 aliphatic heterocycles. The highest BCUT2D eigenvalue weighted by Gasteiger charge is 2.46. The molecule has 0 amide bonds. The fraction of sp³-hybridized carbons (Fsp3) is 0.308. The Bertz CT molecular complexity index is 1700. The van der Waals surface area contributed by atoms with Crippen LogP contribution < -0.4 is 19.5 Å². The SMILES string of the molecule is COc1ncc2ncnc(Nc3ccc(Oc4cc5ncnn5cn4)c(C)c3)c2c1O[C@H]1CCN(C)CC1(F)F. The van der Waals surface area contributed by atoms with Gasteiger partial charge in [0.05, 0.1) is 30.8 Å². The van der Waals surface area contributed by atoms with Gasteiger partial charge in [0.1, 0.15) is 30.5 Å². The van der Waals surface area contributed by atoms with Gasteiger partial charge in [0.25, 0.3) is 11.8 Å². The van der Waals surface area contributed by atoms with Crippen LogP contribution in [0.5, 0.6) is 23.3 Å². The fourth-order valence-electron chi connectivity index (χ4n) is 4.59. The second kappa shape index (κ2) is 10.1. The smallest absolute Gasteiger partial charge is 0.296 e. The Morgan fingerprint density at radius 2 is 1.95 bits per heavy atom. The number of rotatable bonds is 7. The first-order chi connectivity index (χ1) is 19.3. The zero-order chi connectivity index (χ0) is 27.9. The highest BCUT2D eigenvalue weighted by molar-refractivity contribution is 5.96. The number of nitrogens with zero attached hydrogens (tertiary/aromatic N) is 8. The van der Waals surface area contributed by atoms with E-state index in [9.17, 15) is 8.78 Å². The Kier molecular flexibility index (Phi) is 6.46. The van der Waals surface area contributed by atoms with Crippen molar-refractivity contribution in [1.29, 1.82) is 0 Å². The van der Waals surface area contributed by atoms with Crippen LogP contribution >= 0.6 is 0 Å². The molecule has 1 aromatic carbocycles. The van der Waals surface area contributed by atoms with Gasteiger partial charge < -0.3 is 24.4 Å². The second-order valence-electron chi connectivity index (χ2n) is 9.47. The number of likely N-dealkylation sites (tertiary alicyclic amines) is 1. The normalized spacial score (nSPS) is 17.2. The molecule has 5 heterocycles. The van der Waals surface area contributed by atoms with E-state index in [1.807, 2.05) is 13.0 Å². The zero-order valence-corrected chi connectivity index (χ0v) is 21.9. The molecule has 0 saturated carbocycles. The van der Waals surface area contributed by atoms with Crippen LogP contribution in [0.2, 0.25) is 0 Å². The van der Waals surface area contributed by atoms with Crippen molar-refractivity contribution >= 4 is 28.1 Å². The Morgan fingerprint density at radius 1 is 1.07 bits per heavy atom. The number of alkyl halides is 2. The van der Waals surface area contributed by atoms with E-state index in [4.69, 9.17) is 14.2 Å². The third-order valence-corrected chi connectivity index (χ3v) is 6.58. The number of aryl methyl sites for hydroxylation is 1. The lowest BCUT2D eigenvalue weighted by atomic mass is 10.0. The number of hydrogen-bond acceptors (Lipinski definition) is 11.